The highest BCUT2D eigenvalue weighted by Gasteiger charge is 2.25. The minimum Gasteiger partial charge on any atom is -0.455 e. The zero-order valence-electron chi connectivity index (χ0n) is 19.5. The van der Waals surface area contributed by atoms with Gasteiger partial charge in [-0.25, -0.2) is 13.1 Å². The predicted molar refractivity (Wildman–Crippen MR) is 139 cm³/mol. The minimum absolute atomic E-state index is 0.104. The molecule has 0 unspecified atom stereocenters. The topological polar surface area (TPSA) is 87.7 Å². The van der Waals surface area contributed by atoms with Crippen LogP contribution in [0.2, 0.25) is 5.02 Å². The normalized spacial score (nSPS) is 13.6. The van der Waals surface area contributed by atoms with Crippen molar-refractivity contribution in [1.82, 2.24) is 4.72 Å². The molecule has 1 saturated heterocycles. The molecule has 0 aromatic heterocycles. The molecule has 3 aromatic rings. The van der Waals surface area contributed by atoms with Gasteiger partial charge in [-0.3, -0.25) is 4.79 Å². The molecular formula is C26H28ClN3O4S. The molecule has 1 fully saturated rings. The van der Waals surface area contributed by atoms with E-state index in [-0.39, 0.29) is 10.5 Å². The number of ether oxygens (including phenoxy) is 1. The first-order chi connectivity index (χ1) is 16.9. The fraction of sp³-hybridized carbons (Fsp3) is 0.269. The second kappa shape index (κ2) is 11.1. The van der Waals surface area contributed by atoms with Gasteiger partial charge in [-0.2, -0.15) is 0 Å². The molecule has 184 valence electrons. The zero-order valence-corrected chi connectivity index (χ0v) is 21.0. The molecule has 4 rings (SSSR count). The fourth-order valence-electron chi connectivity index (χ4n) is 3.90. The molecule has 0 spiro atoms. The number of benzene rings is 3. The van der Waals surface area contributed by atoms with Crippen LogP contribution in [0, 0.1) is 0 Å². The summed E-state index contributed by atoms with van der Waals surface area (Å²) < 4.78 is 34.7. The van der Waals surface area contributed by atoms with Gasteiger partial charge in [-0.15, -0.1) is 0 Å². The Morgan fingerprint density at radius 2 is 1.77 bits per heavy atom. The first-order valence-electron chi connectivity index (χ1n) is 11.6. The summed E-state index contributed by atoms with van der Waals surface area (Å²) in [5.41, 5.74) is 1.21. The van der Waals surface area contributed by atoms with Gasteiger partial charge in [0.1, 0.15) is 10.6 Å². The number of rotatable bonds is 9. The van der Waals surface area contributed by atoms with Crippen LogP contribution in [0.15, 0.2) is 71.6 Å². The van der Waals surface area contributed by atoms with Gasteiger partial charge in [0, 0.05) is 30.2 Å². The predicted octanol–water partition coefficient (Wildman–Crippen LogP) is 5.67. The summed E-state index contributed by atoms with van der Waals surface area (Å²) in [6.07, 6.45) is 2.67. The Morgan fingerprint density at radius 1 is 1.03 bits per heavy atom. The monoisotopic (exact) mass is 513 g/mol. The van der Waals surface area contributed by atoms with Crippen LogP contribution < -0.4 is 19.7 Å². The van der Waals surface area contributed by atoms with Crippen LogP contribution in [-0.2, 0) is 10.0 Å². The first-order valence-corrected chi connectivity index (χ1v) is 13.5. The van der Waals surface area contributed by atoms with E-state index >= 15 is 0 Å². The molecule has 0 bridgehead atoms. The lowest BCUT2D eigenvalue weighted by Gasteiger charge is -2.22. The molecule has 0 atom stereocenters. The standard InChI is InChI=1S/C26H28ClN3O4S/c1-2-14-28-35(32,33)25-17-19(10-12-23(25)30-15-6-7-16-30)26(31)29-22-18-20(27)11-13-24(22)34-21-8-4-3-5-9-21/h3-5,8-13,17-18,28H,2,6-7,14-16H2,1H3,(H,29,31). The lowest BCUT2D eigenvalue weighted by molar-refractivity contribution is 0.102. The van der Waals surface area contributed by atoms with E-state index in [1.807, 2.05) is 30.0 Å². The molecular weight excluding hydrogens is 486 g/mol. The Bertz CT molecular complexity index is 1290. The summed E-state index contributed by atoms with van der Waals surface area (Å²) in [4.78, 5) is 15.4. The number of carbonyl (C=O) groups excluding carboxylic acids is 1. The highest BCUT2D eigenvalue weighted by molar-refractivity contribution is 7.89. The van der Waals surface area contributed by atoms with E-state index in [1.54, 1.807) is 42.5 Å². The highest BCUT2D eigenvalue weighted by atomic mass is 35.5. The largest absolute Gasteiger partial charge is 0.455 e. The second-order valence-corrected chi connectivity index (χ2v) is 10.5. The minimum atomic E-state index is -3.79. The van der Waals surface area contributed by atoms with Crippen LogP contribution in [0.5, 0.6) is 11.5 Å². The van der Waals surface area contributed by atoms with Gasteiger partial charge < -0.3 is 15.0 Å². The van der Waals surface area contributed by atoms with Crippen molar-refractivity contribution in [2.45, 2.75) is 31.1 Å². The van der Waals surface area contributed by atoms with Crippen molar-refractivity contribution in [2.24, 2.45) is 0 Å². The Labute approximate surface area is 211 Å². The number of carbonyl (C=O) groups is 1. The smallest absolute Gasteiger partial charge is 0.255 e. The maximum atomic E-state index is 13.2. The van der Waals surface area contributed by atoms with Crippen LogP contribution in [0.1, 0.15) is 36.5 Å². The van der Waals surface area contributed by atoms with E-state index in [2.05, 4.69) is 10.0 Å². The molecule has 1 aliphatic rings. The van der Waals surface area contributed by atoms with Crippen molar-refractivity contribution >= 4 is 38.9 Å². The van der Waals surface area contributed by atoms with Gasteiger partial charge in [0.15, 0.2) is 5.75 Å². The number of nitrogens with one attached hydrogen (secondary N) is 2. The quantitative estimate of drug-likeness (QED) is 0.384. The van der Waals surface area contributed by atoms with Gasteiger partial charge in [0.25, 0.3) is 5.91 Å². The zero-order chi connectivity index (χ0) is 24.8. The number of halogens is 1. The van der Waals surface area contributed by atoms with E-state index in [0.717, 1.165) is 25.9 Å². The van der Waals surface area contributed by atoms with E-state index < -0.39 is 15.9 Å². The van der Waals surface area contributed by atoms with Crippen molar-refractivity contribution < 1.29 is 17.9 Å². The van der Waals surface area contributed by atoms with Gasteiger partial charge in [-0.05, 0) is 67.8 Å². The number of para-hydroxylation sites is 1. The maximum Gasteiger partial charge on any atom is 0.255 e. The van der Waals surface area contributed by atoms with Gasteiger partial charge in [0.05, 0.1) is 11.4 Å². The summed E-state index contributed by atoms with van der Waals surface area (Å²) in [5.74, 6) is 0.556. The van der Waals surface area contributed by atoms with Crippen LogP contribution in [0.3, 0.4) is 0 Å². The molecule has 3 aromatic carbocycles. The summed E-state index contributed by atoms with van der Waals surface area (Å²) in [7, 11) is -3.79. The first kappa shape index (κ1) is 25.0. The van der Waals surface area contributed by atoms with Gasteiger partial charge >= 0.3 is 0 Å². The maximum absolute atomic E-state index is 13.2. The number of hydrogen-bond acceptors (Lipinski definition) is 5. The molecule has 7 nitrogen and oxygen atoms in total. The molecule has 35 heavy (non-hydrogen) atoms. The van der Waals surface area contributed by atoms with E-state index in [0.29, 0.717) is 40.9 Å². The Morgan fingerprint density at radius 3 is 2.49 bits per heavy atom. The van der Waals surface area contributed by atoms with Crippen molar-refractivity contribution in [3.05, 3.63) is 77.3 Å². The third-order valence-electron chi connectivity index (χ3n) is 5.66. The van der Waals surface area contributed by atoms with E-state index in [9.17, 15) is 13.2 Å². The molecule has 1 amide bonds. The Kier molecular flexibility index (Phi) is 7.95. The molecule has 1 aliphatic heterocycles. The number of sulfonamides is 1. The Balaban J connectivity index is 1.65. The number of hydrogen-bond donors (Lipinski definition) is 2. The lowest BCUT2D eigenvalue weighted by atomic mass is 10.1. The van der Waals surface area contributed by atoms with Crippen molar-refractivity contribution in [3.63, 3.8) is 0 Å². The number of amides is 1. The van der Waals surface area contributed by atoms with Crippen LogP contribution in [0.25, 0.3) is 0 Å². The van der Waals surface area contributed by atoms with Crippen molar-refractivity contribution in [1.29, 1.82) is 0 Å². The van der Waals surface area contributed by atoms with Gasteiger partial charge in [-0.1, -0.05) is 36.7 Å². The average Bonchev–Trinajstić information content (AvgIpc) is 3.40. The number of anilines is 2. The molecule has 0 radical (unpaired) electrons. The second-order valence-electron chi connectivity index (χ2n) is 8.28. The highest BCUT2D eigenvalue weighted by Crippen LogP contribution is 2.33. The fourth-order valence-corrected chi connectivity index (χ4v) is 5.46. The molecule has 9 heteroatoms. The van der Waals surface area contributed by atoms with Crippen LogP contribution in [-0.4, -0.2) is 34.0 Å². The van der Waals surface area contributed by atoms with Crippen molar-refractivity contribution in [3.8, 4) is 11.5 Å². The SMILES string of the molecule is CCCNS(=O)(=O)c1cc(C(=O)Nc2cc(Cl)ccc2Oc2ccccc2)ccc1N1CCCC1. The van der Waals surface area contributed by atoms with Crippen molar-refractivity contribution in [2.75, 3.05) is 29.9 Å². The molecule has 0 saturated carbocycles. The van der Waals surface area contributed by atoms with E-state index in [4.69, 9.17) is 16.3 Å². The summed E-state index contributed by atoms with van der Waals surface area (Å²) in [6.45, 7) is 3.78. The summed E-state index contributed by atoms with van der Waals surface area (Å²) in [5, 5.41) is 3.25. The van der Waals surface area contributed by atoms with Crippen LogP contribution >= 0.6 is 11.6 Å². The number of nitrogens with zero attached hydrogens (tertiary/aromatic N) is 1. The average molecular weight is 514 g/mol. The Hall–Kier alpha value is -3.07. The molecule has 2 N–H and O–H groups in total. The molecule has 1 heterocycles. The third kappa shape index (κ3) is 6.14. The summed E-state index contributed by atoms with van der Waals surface area (Å²) >= 11 is 6.18. The van der Waals surface area contributed by atoms with E-state index in [1.165, 1.54) is 6.07 Å². The lowest BCUT2D eigenvalue weighted by Crippen LogP contribution is -2.28. The van der Waals surface area contributed by atoms with Crippen LogP contribution in [0.4, 0.5) is 11.4 Å². The van der Waals surface area contributed by atoms with Gasteiger partial charge in [0.2, 0.25) is 10.0 Å². The summed E-state index contributed by atoms with van der Waals surface area (Å²) in [6, 6.07) is 18.9. The molecule has 0 aliphatic carbocycles. The third-order valence-corrected chi connectivity index (χ3v) is 7.39.